The van der Waals surface area contributed by atoms with Gasteiger partial charge in [0, 0.05) is 6.04 Å². The first-order valence-corrected chi connectivity index (χ1v) is 4.19. The van der Waals surface area contributed by atoms with Crippen LogP contribution in [0.2, 0.25) is 0 Å². The minimum Gasteiger partial charge on any atom is -0.453 e. The Morgan fingerprint density at radius 3 is 2.23 bits per heavy atom. The van der Waals surface area contributed by atoms with Crippen LogP contribution in [0, 0.1) is 5.41 Å². The highest BCUT2D eigenvalue weighted by atomic mass is 32.1. The predicted octanol–water partition coefficient (Wildman–Crippen LogP) is 2.28. The average molecular weight is 207 g/mol. The largest absolute Gasteiger partial charge is 0.453 e. The van der Waals surface area contributed by atoms with Crippen molar-refractivity contribution < 1.29 is 9.53 Å². The Labute approximate surface area is 87.7 Å². The van der Waals surface area contributed by atoms with Gasteiger partial charge in [-0.3, -0.25) is 0 Å². The van der Waals surface area contributed by atoms with Crippen LogP contribution >= 0.6 is 13.5 Å². The van der Waals surface area contributed by atoms with Gasteiger partial charge in [-0.25, -0.2) is 4.79 Å². The van der Waals surface area contributed by atoms with E-state index in [4.69, 9.17) is 0 Å². The molecule has 0 fully saturated rings. The lowest BCUT2D eigenvalue weighted by Crippen LogP contribution is -2.35. The molecule has 0 aromatic carbocycles. The molecule has 3 nitrogen and oxygen atoms in total. The smallest absolute Gasteiger partial charge is 0.407 e. The number of ether oxygens (including phenoxy) is 1. The van der Waals surface area contributed by atoms with Gasteiger partial charge in [0.2, 0.25) is 0 Å². The third kappa shape index (κ3) is 9.53. The van der Waals surface area contributed by atoms with Crippen molar-refractivity contribution in [1.29, 1.82) is 0 Å². The van der Waals surface area contributed by atoms with E-state index < -0.39 is 0 Å². The number of carbonyl (C=O) groups is 1. The Kier molecular flexibility index (Phi) is 7.13. The zero-order valence-corrected chi connectivity index (χ0v) is 10.1. The Hall–Kier alpha value is -0.380. The summed E-state index contributed by atoms with van der Waals surface area (Å²) >= 11 is 0. The molecule has 0 unspecified atom stereocenters. The Morgan fingerprint density at radius 1 is 1.46 bits per heavy atom. The quantitative estimate of drug-likeness (QED) is 0.754. The molecule has 0 aliphatic heterocycles. The molecule has 13 heavy (non-hydrogen) atoms. The average Bonchev–Trinajstić information content (AvgIpc) is 1.82. The van der Waals surface area contributed by atoms with E-state index in [0.29, 0.717) is 0 Å². The molecule has 0 radical (unpaired) electrons. The molecular weight excluding hydrogens is 186 g/mol. The van der Waals surface area contributed by atoms with Crippen LogP contribution in [0.4, 0.5) is 4.79 Å². The van der Waals surface area contributed by atoms with Crippen LogP contribution in [0.5, 0.6) is 0 Å². The van der Waals surface area contributed by atoms with Crippen LogP contribution in [0.1, 0.15) is 34.1 Å². The summed E-state index contributed by atoms with van der Waals surface area (Å²) in [6.07, 6.45) is 0.592. The highest BCUT2D eigenvalue weighted by Crippen LogP contribution is 2.20. The number of rotatable bonds is 2. The minimum atomic E-state index is -0.355. The van der Waals surface area contributed by atoms with Gasteiger partial charge in [0.1, 0.15) is 0 Å². The van der Waals surface area contributed by atoms with Crippen LogP contribution in [0.15, 0.2) is 0 Å². The standard InChI is InChI=1S/C9H19NO2.H2S/c1-7(6-9(2,3)4)10-8(11)12-5;/h7H,6H2,1-5H3,(H,10,11);1H2/t7-;/m0./s1. The number of amides is 1. The first kappa shape index (κ1) is 15.1. The molecule has 0 aliphatic carbocycles. The number of hydrogen-bond acceptors (Lipinski definition) is 2. The maximum Gasteiger partial charge on any atom is 0.407 e. The van der Waals surface area contributed by atoms with Gasteiger partial charge in [0.15, 0.2) is 0 Å². The molecule has 1 atom stereocenters. The monoisotopic (exact) mass is 207 g/mol. The van der Waals surface area contributed by atoms with Crippen molar-refractivity contribution in [3.8, 4) is 0 Å². The maximum atomic E-state index is 10.8. The van der Waals surface area contributed by atoms with Crippen molar-refractivity contribution in [2.24, 2.45) is 5.41 Å². The number of alkyl carbamates (subject to hydrolysis) is 1. The van der Waals surface area contributed by atoms with E-state index in [1.54, 1.807) is 0 Å². The van der Waals surface area contributed by atoms with Gasteiger partial charge < -0.3 is 10.1 Å². The molecule has 1 amide bonds. The topological polar surface area (TPSA) is 38.3 Å². The summed E-state index contributed by atoms with van der Waals surface area (Å²) in [6, 6.07) is 0.164. The van der Waals surface area contributed by atoms with Gasteiger partial charge in [-0.15, -0.1) is 0 Å². The first-order chi connectivity index (χ1) is 5.35. The van der Waals surface area contributed by atoms with Gasteiger partial charge in [-0.2, -0.15) is 13.5 Å². The fourth-order valence-corrected chi connectivity index (χ4v) is 1.23. The molecule has 0 spiro atoms. The lowest BCUT2D eigenvalue weighted by Gasteiger charge is -2.23. The lowest BCUT2D eigenvalue weighted by atomic mass is 9.89. The Morgan fingerprint density at radius 2 is 1.92 bits per heavy atom. The van der Waals surface area contributed by atoms with Crippen LogP contribution in [-0.2, 0) is 4.74 Å². The fourth-order valence-electron chi connectivity index (χ4n) is 1.23. The van der Waals surface area contributed by atoms with Crippen molar-refractivity contribution in [2.75, 3.05) is 7.11 Å². The van der Waals surface area contributed by atoms with Gasteiger partial charge in [0.25, 0.3) is 0 Å². The van der Waals surface area contributed by atoms with Crippen molar-refractivity contribution >= 4 is 19.6 Å². The summed E-state index contributed by atoms with van der Waals surface area (Å²) in [5, 5.41) is 2.72. The molecule has 0 aromatic rings. The molecule has 4 heteroatoms. The van der Waals surface area contributed by atoms with E-state index in [0.717, 1.165) is 6.42 Å². The van der Waals surface area contributed by atoms with Gasteiger partial charge in [-0.1, -0.05) is 20.8 Å². The minimum absolute atomic E-state index is 0. The molecule has 0 saturated carbocycles. The fraction of sp³-hybridized carbons (Fsp3) is 0.889. The first-order valence-electron chi connectivity index (χ1n) is 4.19. The molecule has 0 aliphatic rings. The highest BCUT2D eigenvalue weighted by Gasteiger charge is 2.16. The number of nitrogens with one attached hydrogen (secondary N) is 1. The molecule has 80 valence electrons. The van der Waals surface area contributed by atoms with Crippen molar-refractivity contribution in [3.63, 3.8) is 0 Å². The van der Waals surface area contributed by atoms with Crippen LogP contribution in [0.25, 0.3) is 0 Å². The van der Waals surface area contributed by atoms with E-state index in [1.165, 1.54) is 7.11 Å². The van der Waals surface area contributed by atoms with Crippen molar-refractivity contribution in [3.05, 3.63) is 0 Å². The summed E-state index contributed by atoms with van der Waals surface area (Å²) in [4.78, 5) is 10.8. The highest BCUT2D eigenvalue weighted by molar-refractivity contribution is 7.59. The van der Waals surface area contributed by atoms with E-state index >= 15 is 0 Å². The molecule has 0 bridgehead atoms. The summed E-state index contributed by atoms with van der Waals surface area (Å²) in [7, 11) is 1.37. The van der Waals surface area contributed by atoms with Gasteiger partial charge >= 0.3 is 6.09 Å². The lowest BCUT2D eigenvalue weighted by molar-refractivity contribution is 0.164. The maximum absolute atomic E-state index is 10.8. The third-order valence-corrected chi connectivity index (χ3v) is 1.47. The molecule has 0 saturated heterocycles. The summed E-state index contributed by atoms with van der Waals surface area (Å²) in [5.74, 6) is 0. The predicted molar refractivity (Wildman–Crippen MR) is 59.5 cm³/mol. The third-order valence-electron chi connectivity index (χ3n) is 1.47. The van der Waals surface area contributed by atoms with E-state index in [1.807, 2.05) is 6.92 Å². The zero-order chi connectivity index (χ0) is 9.78. The van der Waals surface area contributed by atoms with Crippen LogP contribution < -0.4 is 5.32 Å². The Bertz CT molecular complexity index is 154. The second-order valence-electron chi connectivity index (χ2n) is 4.30. The van der Waals surface area contributed by atoms with Gasteiger partial charge in [-0.05, 0) is 18.8 Å². The molecule has 0 heterocycles. The normalized spacial score (nSPS) is 12.7. The van der Waals surface area contributed by atoms with E-state index in [9.17, 15) is 4.79 Å². The van der Waals surface area contributed by atoms with E-state index in [2.05, 4.69) is 30.8 Å². The second-order valence-corrected chi connectivity index (χ2v) is 4.30. The number of carbonyl (C=O) groups excluding carboxylic acids is 1. The van der Waals surface area contributed by atoms with Crippen LogP contribution in [0.3, 0.4) is 0 Å². The number of methoxy groups -OCH3 is 1. The van der Waals surface area contributed by atoms with Gasteiger partial charge in [0.05, 0.1) is 7.11 Å². The molecule has 0 aromatic heterocycles. The molecule has 0 rings (SSSR count). The summed E-state index contributed by atoms with van der Waals surface area (Å²) in [5.41, 5.74) is 0.237. The zero-order valence-electron chi connectivity index (χ0n) is 9.10. The molecule has 1 N–H and O–H groups in total. The van der Waals surface area contributed by atoms with Crippen molar-refractivity contribution in [1.82, 2.24) is 5.32 Å². The van der Waals surface area contributed by atoms with Crippen molar-refractivity contribution in [2.45, 2.75) is 40.2 Å². The summed E-state index contributed by atoms with van der Waals surface area (Å²) < 4.78 is 4.49. The summed E-state index contributed by atoms with van der Waals surface area (Å²) in [6.45, 7) is 8.40. The van der Waals surface area contributed by atoms with Crippen LogP contribution in [-0.4, -0.2) is 19.2 Å². The SMILES string of the molecule is COC(=O)N[C@@H](C)CC(C)(C)C.S. The number of hydrogen-bond donors (Lipinski definition) is 1. The Balaban J connectivity index is 0. The second kappa shape index (κ2) is 6.13. The molecular formula is C9H21NO2S. The van der Waals surface area contributed by atoms with E-state index in [-0.39, 0.29) is 31.0 Å².